The van der Waals surface area contributed by atoms with E-state index in [2.05, 4.69) is 4.98 Å². The molecular formula is C9H10N2O3S. The second-order valence-electron chi connectivity index (χ2n) is 3.17. The molecule has 0 radical (unpaired) electrons. The number of nitrogens with two attached hydrogens (primary N) is 1. The summed E-state index contributed by atoms with van der Waals surface area (Å²) in [7, 11) is 0. The molecule has 1 aliphatic rings. The van der Waals surface area contributed by atoms with Crippen molar-refractivity contribution in [2.24, 2.45) is 5.73 Å². The average molecular weight is 226 g/mol. The largest absolute Gasteiger partial charge is 0.488 e. The molecule has 1 aromatic heterocycles. The molecular weight excluding hydrogens is 216 g/mol. The Kier molecular flexibility index (Phi) is 2.70. The molecule has 0 saturated heterocycles. The Morgan fingerprint density at radius 2 is 2.53 bits per heavy atom. The van der Waals surface area contributed by atoms with Crippen LogP contribution < -0.4 is 5.73 Å². The van der Waals surface area contributed by atoms with Crippen molar-refractivity contribution in [1.29, 1.82) is 0 Å². The van der Waals surface area contributed by atoms with Crippen molar-refractivity contribution >= 4 is 23.0 Å². The quantitative estimate of drug-likeness (QED) is 0.762. The molecule has 2 heterocycles. The minimum atomic E-state index is -0.547. The topological polar surface area (TPSA) is 85.4 Å². The molecule has 0 aromatic carbocycles. The first kappa shape index (κ1) is 10.1. The van der Waals surface area contributed by atoms with Gasteiger partial charge in [0.15, 0.2) is 10.8 Å². The maximum Gasteiger partial charge on any atom is 0.268 e. The molecule has 0 bridgehead atoms. The third-order valence-corrected chi connectivity index (χ3v) is 2.83. The van der Waals surface area contributed by atoms with E-state index in [1.54, 1.807) is 11.5 Å². The molecule has 1 amide bonds. The number of hydrogen-bond acceptors (Lipinski definition) is 5. The lowest BCUT2D eigenvalue weighted by Gasteiger charge is -2.17. The highest BCUT2D eigenvalue weighted by Gasteiger charge is 2.17. The summed E-state index contributed by atoms with van der Waals surface area (Å²) in [6.07, 6.45) is 1.85. The van der Waals surface area contributed by atoms with E-state index in [-0.39, 0.29) is 12.3 Å². The second-order valence-corrected chi connectivity index (χ2v) is 4.03. The number of hydrogen-bond donors (Lipinski definition) is 2. The van der Waals surface area contributed by atoms with Gasteiger partial charge in [-0.05, 0) is 12.5 Å². The first-order valence-electron chi connectivity index (χ1n) is 4.43. The van der Waals surface area contributed by atoms with Crippen molar-refractivity contribution in [1.82, 2.24) is 4.98 Å². The van der Waals surface area contributed by atoms with Crippen molar-refractivity contribution in [3.05, 3.63) is 22.2 Å². The summed E-state index contributed by atoms with van der Waals surface area (Å²) in [5, 5.41) is 11.4. The number of aromatic nitrogens is 1. The molecule has 15 heavy (non-hydrogen) atoms. The summed E-state index contributed by atoms with van der Waals surface area (Å²) in [6.45, 7) is 0.261. The third-order valence-electron chi connectivity index (χ3n) is 1.97. The Bertz CT molecular complexity index is 413. The molecule has 80 valence electrons. The SMILES string of the molecule is NC(=O)c1csc(C2=CC[C@H](O)CO2)n1. The molecule has 1 aliphatic heterocycles. The second kappa shape index (κ2) is 4.00. The Labute approximate surface area is 90.2 Å². The van der Waals surface area contributed by atoms with E-state index < -0.39 is 12.0 Å². The number of ether oxygens (including phenoxy) is 1. The molecule has 0 fully saturated rings. The van der Waals surface area contributed by atoms with Gasteiger partial charge in [-0.2, -0.15) is 0 Å². The van der Waals surface area contributed by atoms with Crippen LogP contribution in [0.3, 0.4) is 0 Å². The van der Waals surface area contributed by atoms with Crippen LogP contribution in [0.1, 0.15) is 21.9 Å². The number of carbonyl (C=O) groups is 1. The minimum Gasteiger partial charge on any atom is -0.488 e. The van der Waals surface area contributed by atoms with E-state index in [4.69, 9.17) is 10.5 Å². The lowest BCUT2D eigenvalue weighted by molar-refractivity contribution is 0.0844. The molecule has 2 rings (SSSR count). The zero-order chi connectivity index (χ0) is 10.8. The number of nitrogens with zero attached hydrogens (tertiary/aromatic N) is 1. The fourth-order valence-corrected chi connectivity index (χ4v) is 2.01. The van der Waals surface area contributed by atoms with E-state index in [0.29, 0.717) is 17.2 Å². The zero-order valence-corrected chi connectivity index (χ0v) is 8.66. The fraction of sp³-hybridized carbons (Fsp3) is 0.333. The monoisotopic (exact) mass is 226 g/mol. The molecule has 0 saturated carbocycles. The molecule has 0 aliphatic carbocycles. The Hall–Kier alpha value is -1.40. The van der Waals surface area contributed by atoms with Gasteiger partial charge in [0.1, 0.15) is 12.3 Å². The summed E-state index contributed by atoms with van der Waals surface area (Å²) in [6, 6.07) is 0. The number of thiazole rings is 1. The third kappa shape index (κ3) is 2.16. The van der Waals surface area contributed by atoms with E-state index in [9.17, 15) is 9.90 Å². The van der Waals surface area contributed by atoms with Crippen LogP contribution in [0.5, 0.6) is 0 Å². The predicted molar refractivity (Wildman–Crippen MR) is 55.2 cm³/mol. The van der Waals surface area contributed by atoms with Gasteiger partial charge in [0.05, 0.1) is 6.10 Å². The van der Waals surface area contributed by atoms with E-state index >= 15 is 0 Å². The molecule has 1 aromatic rings. The molecule has 1 atom stereocenters. The van der Waals surface area contributed by atoms with Crippen LogP contribution in [0, 0.1) is 0 Å². The van der Waals surface area contributed by atoms with E-state index in [0.717, 1.165) is 0 Å². The number of amides is 1. The van der Waals surface area contributed by atoms with Crippen molar-refractivity contribution in [2.75, 3.05) is 6.61 Å². The number of aliphatic hydroxyl groups excluding tert-OH is 1. The van der Waals surface area contributed by atoms with Gasteiger partial charge in [-0.25, -0.2) is 4.98 Å². The van der Waals surface area contributed by atoms with Crippen molar-refractivity contribution in [2.45, 2.75) is 12.5 Å². The zero-order valence-electron chi connectivity index (χ0n) is 7.84. The van der Waals surface area contributed by atoms with Crippen LogP contribution in [-0.4, -0.2) is 28.7 Å². The van der Waals surface area contributed by atoms with Crippen molar-refractivity contribution < 1.29 is 14.6 Å². The van der Waals surface area contributed by atoms with Crippen LogP contribution in [0.2, 0.25) is 0 Å². The van der Waals surface area contributed by atoms with Gasteiger partial charge in [-0.1, -0.05) is 0 Å². The molecule has 0 spiro atoms. The molecule has 6 heteroatoms. The van der Waals surface area contributed by atoms with Crippen LogP contribution in [-0.2, 0) is 4.74 Å². The number of primary amides is 1. The molecule has 5 nitrogen and oxygen atoms in total. The fourth-order valence-electron chi connectivity index (χ4n) is 1.21. The van der Waals surface area contributed by atoms with Gasteiger partial charge in [0, 0.05) is 5.38 Å². The van der Waals surface area contributed by atoms with Gasteiger partial charge in [-0.3, -0.25) is 4.79 Å². The summed E-state index contributed by atoms with van der Waals surface area (Å²) in [5.74, 6) is 0.0618. The summed E-state index contributed by atoms with van der Waals surface area (Å²) < 4.78 is 5.28. The van der Waals surface area contributed by atoms with E-state index in [1.165, 1.54) is 11.3 Å². The van der Waals surface area contributed by atoms with E-state index in [1.807, 2.05) is 0 Å². The number of rotatable bonds is 2. The van der Waals surface area contributed by atoms with Gasteiger partial charge in [-0.15, -0.1) is 11.3 Å². The predicted octanol–water partition coefficient (Wildman–Crippen LogP) is 0.364. The number of aliphatic hydroxyl groups is 1. The van der Waals surface area contributed by atoms with Crippen molar-refractivity contribution in [3.8, 4) is 0 Å². The smallest absolute Gasteiger partial charge is 0.268 e. The van der Waals surface area contributed by atoms with Gasteiger partial charge >= 0.3 is 0 Å². The van der Waals surface area contributed by atoms with Gasteiger partial charge in [0.25, 0.3) is 5.91 Å². The highest BCUT2D eigenvalue weighted by molar-refractivity contribution is 7.10. The Morgan fingerprint density at radius 1 is 1.73 bits per heavy atom. The normalized spacial score (nSPS) is 20.6. The number of carbonyl (C=O) groups excluding carboxylic acids is 1. The standard InChI is InChI=1S/C9H10N2O3S/c10-8(13)6-4-15-9(11-6)7-2-1-5(12)3-14-7/h2,4-5,12H,1,3H2,(H2,10,13)/t5-/m0/s1. The highest BCUT2D eigenvalue weighted by Crippen LogP contribution is 2.24. The maximum atomic E-state index is 10.8. The average Bonchev–Trinajstić information content (AvgIpc) is 2.68. The first-order chi connectivity index (χ1) is 7.16. The Morgan fingerprint density at radius 3 is 3.07 bits per heavy atom. The minimum absolute atomic E-state index is 0.241. The first-order valence-corrected chi connectivity index (χ1v) is 5.31. The maximum absolute atomic E-state index is 10.8. The van der Waals surface area contributed by atoms with Crippen LogP contribution in [0.4, 0.5) is 0 Å². The van der Waals surface area contributed by atoms with Crippen molar-refractivity contribution in [3.63, 3.8) is 0 Å². The van der Waals surface area contributed by atoms with Crippen LogP contribution >= 0.6 is 11.3 Å². The Balaban J connectivity index is 2.19. The van der Waals surface area contributed by atoms with Crippen LogP contribution in [0.15, 0.2) is 11.5 Å². The summed E-state index contributed by atoms with van der Waals surface area (Å²) >= 11 is 1.30. The highest BCUT2D eigenvalue weighted by atomic mass is 32.1. The van der Waals surface area contributed by atoms with Gasteiger partial charge in [0.2, 0.25) is 0 Å². The lowest BCUT2D eigenvalue weighted by Crippen LogP contribution is -2.18. The van der Waals surface area contributed by atoms with Crippen LogP contribution in [0.25, 0.3) is 5.76 Å². The van der Waals surface area contributed by atoms with Gasteiger partial charge < -0.3 is 15.6 Å². The lowest BCUT2D eigenvalue weighted by atomic mass is 10.2. The summed E-state index contributed by atoms with van der Waals surface area (Å²) in [5.41, 5.74) is 5.32. The molecule has 3 N–H and O–H groups in total. The summed E-state index contributed by atoms with van der Waals surface area (Å²) in [4.78, 5) is 14.8. The molecule has 0 unspecified atom stereocenters.